The van der Waals surface area contributed by atoms with E-state index >= 15 is 0 Å². The highest BCUT2D eigenvalue weighted by molar-refractivity contribution is 6.24. The Kier molecular flexibility index (Phi) is 5.14. The molecule has 0 bridgehead atoms. The molecule has 4 heteroatoms. The van der Waals surface area contributed by atoms with Gasteiger partial charge in [-0.1, -0.05) is 43.2 Å². The molecule has 1 heterocycles. The minimum absolute atomic E-state index is 0.0346. The number of amides is 1. The summed E-state index contributed by atoms with van der Waals surface area (Å²) in [4.78, 5) is 15.3. The number of ether oxygens (including phenoxy) is 1. The van der Waals surface area contributed by atoms with Crippen LogP contribution in [0.3, 0.4) is 0 Å². The average Bonchev–Trinajstić information content (AvgIpc) is 2.72. The lowest BCUT2D eigenvalue weighted by Gasteiger charge is -2.52. The van der Waals surface area contributed by atoms with Crippen LogP contribution < -0.4 is 4.74 Å². The summed E-state index contributed by atoms with van der Waals surface area (Å²) in [7, 11) is 1.63. The Morgan fingerprint density at radius 1 is 1.07 bits per heavy atom. The molecule has 2 aromatic carbocycles. The van der Waals surface area contributed by atoms with Crippen LogP contribution in [0.2, 0.25) is 0 Å². The third-order valence-corrected chi connectivity index (χ3v) is 6.90. The first-order valence-corrected chi connectivity index (χ1v) is 10.2. The smallest absolute Gasteiger partial charge is 0.254 e. The molecule has 3 nitrogen and oxygen atoms in total. The molecule has 0 spiro atoms. The van der Waals surface area contributed by atoms with Gasteiger partial charge in [-0.2, -0.15) is 0 Å². The Bertz CT molecular complexity index is 792. The Labute approximate surface area is 166 Å². The molecule has 1 amide bonds. The van der Waals surface area contributed by atoms with Gasteiger partial charge in [-0.05, 0) is 49.1 Å². The number of benzene rings is 2. The average molecular weight is 384 g/mol. The molecule has 2 fully saturated rings. The van der Waals surface area contributed by atoms with Crippen molar-refractivity contribution >= 4 is 17.5 Å². The van der Waals surface area contributed by atoms with Crippen LogP contribution in [0.15, 0.2) is 54.6 Å². The van der Waals surface area contributed by atoms with E-state index in [1.807, 2.05) is 35.2 Å². The van der Waals surface area contributed by atoms with E-state index in [9.17, 15) is 4.79 Å². The van der Waals surface area contributed by atoms with E-state index in [0.29, 0.717) is 18.0 Å². The number of rotatable bonds is 3. The molecule has 1 aliphatic heterocycles. The van der Waals surface area contributed by atoms with Gasteiger partial charge in [0.05, 0.1) is 18.0 Å². The van der Waals surface area contributed by atoms with E-state index in [4.69, 9.17) is 16.3 Å². The Morgan fingerprint density at radius 3 is 2.52 bits per heavy atom. The third-order valence-electron chi connectivity index (χ3n) is 6.25. The molecule has 1 aliphatic carbocycles. The molecule has 0 unspecified atom stereocenters. The summed E-state index contributed by atoms with van der Waals surface area (Å²) in [6.45, 7) is 0.699. The van der Waals surface area contributed by atoms with Crippen LogP contribution in [0.25, 0.3) is 0 Å². The van der Waals surface area contributed by atoms with Crippen molar-refractivity contribution < 1.29 is 9.53 Å². The fourth-order valence-electron chi connectivity index (χ4n) is 4.83. The summed E-state index contributed by atoms with van der Waals surface area (Å²) in [5.74, 6) is 1.14. The number of alkyl halides is 1. The Morgan fingerprint density at radius 2 is 1.81 bits per heavy atom. The van der Waals surface area contributed by atoms with E-state index in [1.54, 1.807) is 7.11 Å². The number of carbonyl (C=O) groups is 1. The third kappa shape index (κ3) is 3.45. The summed E-state index contributed by atoms with van der Waals surface area (Å²) in [6.07, 6.45) is 5.37. The van der Waals surface area contributed by atoms with E-state index < -0.39 is 0 Å². The number of hydrogen-bond acceptors (Lipinski definition) is 2. The lowest BCUT2D eigenvalue weighted by atomic mass is 9.68. The highest BCUT2D eigenvalue weighted by Crippen LogP contribution is 2.52. The highest BCUT2D eigenvalue weighted by Gasteiger charge is 2.50. The topological polar surface area (TPSA) is 29.5 Å². The predicted molar refractivity (Wildman–Crippen MR) is 108 cm³/mol. The summed E-state index contributed by atoms with van der Waals surface area (Å²) in [5.41, 5.74) is 1.89. The van der Waals surface area contributed by atoms with Crippen LogP contribution in [0.4, 0.5) is 0 Å². The fraction of sp³-hybridized carbons (Fsp3) is 0.435. The van der Waals surface area contributed by atoms with Gasteiger partial charge in [0, 0.05) is 18.0 Å². The highest BCUT2D eigenvalue weighted by atomic mass is 35.5. The Hall–Kier alpha value is -2.00. The minimum Gasteiger partial charge on any atom is -0.497 e. The van der Waals surface area contributed by atoms with Crippen molar-refractivity contribution in [3.63, 3.8) is 0 Å². The van der Waals surface area contributed by atoms with Gasteiger partial charge < -0.3 is 9.64 Å². The van der Waals surface area contributed by atoms with Crippen molar-refractivity contribution in [1.82, 2.24) is 4.90 Å². The SMILES string of the molecule is COc1ccc(C(=O)N2CC[C@@]3(Cl)CCCC[C@@H]3[C@@H]2c2ccccc2)cc1. The maximum absolute atomic E-state index is 13.4. The molecular formula is C23H26ClNO2. The lowest BCUT2D eigenvalue weighted by molar-refractivity contribution is 0.0279. The van der Waals surface area contributed by atoms with Crippen molar-refractivity contribution in [1.29, 1.82) is 0 Å². The summed E-state index contributed by atoms with van der Waals surface area (Å²) in [6, 6.07) is 17.8. The van der Waals surface area contributed by atoms with E-state index in [0.717, 1.165) is 25.0 Å². The second-order valence-corrected chi connectivity index (χ2v) is 8.47. The quantitative estimate of drug-likeness (QED) is 0.659. The van der Waals surface area contributed by atoms with Crippen LogP contribution in [-0.2, 0) is 0 Å². The standard InChI is InChI=1S/C23H26ClNO2/c1-27-19-12-10-18(11-13-19)22(26)25-16-15-23(24)14-6-5-9-20(23)21(25)17-7-3-2-4-8-17/h2-4,7-8,10-13,20-21H,5-6,9,14-16H2,1H3/t20-,21+,23+/m1/s1. The normalized spacial score (nSPS) is 27.7. The van der Waals surface area contributed by atoms with Crippen LogP contribution >= 0.6 is 11.6 Å². The van der Waals surface area contributed by atoms with Crippen molar-refractivity contribution in [3.8, 4) is 5.75 Å². The predicted octanol–water partition coefficient (Wildman–Crippen LogP) is 5.45. The zero-order chi connectivity index (χ0) is 18.9. The molecule has 2 aliphatic rings. The molecule has 3 atom stereocenters. The van der Waals surface area contributed by atoms with Crippen LogP contribution in [0.5, 0.6) is 5.75 Å². The lowest BCUT2D eigenvalue weighted by Crippen LogP contribution is -2.53. The van der Waals surface area contributed by atoms with Gasteiger partial charge in [-0.25, -0.2) is 0 Å². The minimum atomic E-state index is -0.185. The first-order valence-electron chi connectivity index (χ1n) is 9.81. The molecule has 0 N–H and O–H groups in total. The molecular weight excluding hydrogens is 358 g/mol. The van der Waals surface area contributed by atoms with Crippen LogP contribution in [0.1, 0.15) is 54.1 Å². The molecule has 4 rings (SSSR count). The van der Waals surface area contributed by atoms with Gasteiger partial charge in [-0.3, -0.25) is 4.79 Å². The first-order chi connectivity index (χ1) is 13.1. The van der Waals surface area contributed by atoms with Crippen LogP contribution in [-0.4, -0.2) is 29.3 Å². The molecule has 0 aromatic heterocycles. The number of halogens is 1. The fourth-order valence-corrected chi connectivity index (χ4v) is 5.28. The zero-order valence-corrected chi connectivity index (χ0v) is 16.5. The maximum atomic E-state index is 13.4. The van der Waals surface area contributed by atoms with Crippen molar-refractivity contribution in [2.24, 2.45) is 5.92 Å². The second-order valence-electron chi connectivity index (χ2n) is 7.72. The zero-order valence-electron chi connectivity index (χ0n) is 15.7. The molecule has 2 aromatic rings. The maximum Gasteiger partial charge on any atom is 0.254 e. The van der Waals surface area contributed by atoms with Gasteiger partial charge >= 0.3 is 0 Å². The monoisotopic (exact) mass is 383 g/mol. The molecule has 0 radical (unpaired) electrons. The largest absolute Gasteiger partial charge is 0.497 e. The van der Waals surface area contributed by atoms with Gasteiger partial charge in [0.15, 0.2) is 0 Å². The van der Waals surface area contributed by atoms with Gasteiger partial charge in [-0.15, -0.1) is 11.6 Å². The van der Waals surface area contributed by atoms with Gasteiger partial charge in [0.25, 0.3) is 5.91 Å². The van der Waals surface area contributed by atoms with Gasteiger partial charge in [0.2, 0.25) is 0 Å². The molecule has 142 valence electrons. The molecule has 27 heavy (non-hydrogen) atoms. The second kappa shape index (κ2) is 7.55. The number of fused-ring (bicyclic) bond motifs is 1. The molecule has 1 saturated carbocycles. The van der Waals surface area contributed by atoms with Crippen molar-refractivity contribution in [2.75, 3.05) is 13.7 Å². The van der Waals surface area contributed by atoms with E-state index in [-0.39, 0.29) is 16.8 Å². The first kappa shape index (κ1) is 18.4. The summed E-state index contributed by atoms with van der Waals surface area (Å²) >= 11 is 7.12. The van der Waals surface area contributed by atoms with E-state index in [2.05, 4.69) is 24.3 Å². The van der Waals surface area contributed by atoms with Crippen molar-refractivity contribution in [3.05, 3.63) is 65.7 Å². The number of likely N-dealkylation sites (tertiary alicyclic amines) is 1. The number of nitrogens with zero attached hydrogens (tertiary/aromatic N) is 1. The van der Waals surface area contributed by atoms with Gasteiger partial charge in [0.1, 0.15) is 5.75 Å². The van der Waals surface area contributed by atoms with Crippen molar-refractivity contribution in [2.45, 2.75) is 43.0 Å². The Balaban J connectivity index is 1.70. The number of piperidine rings is 1. The summed E-state index contributed by atoms with van der Waals surface area (Å²) < 4.78 is 5.23. The number of carbonyl (C=O) groups excluding carboxylic acids is 1. The molecule has 1 saturated heterocycles. The summed E-state index contributed by atoms with van der Waals surface area (Å²) in [5, 5.41) is 0. The number of hydrogen-bond donors (Lipinski definition) is 0. The number of methoxy groups -OCH3 is 1. The van der Waals surface area contributed by atoms with Crippen LogP contribution in [0, 0.1) is 5.92 Å². The van der Waals surface area contributed by atoms with E-state index in [1.165, 1.54) is 18.4 Å².